The van der Waals surface area contributed by atoms with Gasteiger partial charge in [0.2, 0.25) is 5.60 Å². The fraction of sp³-hybridized carbons (Fsp3) is 0.762. The van der Waals surface area contributed by atoms with Gasteiger partial charge in [0.1, 0.15) is 6.54 Å². The molecule has 0 saturated heterocycles. The average molecular weight is 514 g/mol. The van der Waals surface area contributed by atoms with Gasteiger partial charge in [-0.25, -0.2) is 4.79 Å². The van der Waals surface area contributed by atoms with E-state index in [0.717, 1.165) is 11.0 Å². The molecule has 0 rings (SSSR count). The van der Waals surface area contributed by atoms with Crippen LogP contribution in [0, 0.1) is 11.8 Å². The van der Waals surface area contributed by atoms with E-state index in [-0.39, 0.29) is 38.6 Å². The number of hydrogen-bond donors (Lipinski definition) is 6. The van der Waals surface area contributed by atoms with E-state index in [4.69, 9.17) is 30.6 Å². The molecule has 0 aromatic heterocycles. The molecule has 0 bridgehead atoms. The van der Waals surface area contributed by atoms with Gasteiger partial charge in [-0.3, -0.25) is 14.4 Å². The first-order valence-corrected chi connectivity index (χ1v) is 10.6. The first kappa shape index (κ1) is 36.8. The van der Waals surface area contributed by atoms with Crippen LogP contribution in [0.15, 0.2) is 0 Å². The van der Waals surface area contributed by atoms with Crippen LogP contribution in [0.25, 0.3) is 0 Å². The molecule has 6 N–H and O–H groups in total. The number of ether oxygens (including phenoxy) is 1. The van der Waals surface area contributed by atoms with Gasteiger partial charge in [0.25, 0.3) is 0 Å². The van der Waals surface area contributed by atoms with Gasteiger partial charge < -0.3 is 49.8 Å². The molecule has 0 fully saturated rings. The first-order valence-electron chi connectivity index (χ1n) is 10.6. The molecule has 2 unspecified atom stereocenters. The van der Waals surface area contributed by atoms with E-state index >= 15 is 0 Å². The molecule has 35 heavy (non-hydrogen) atoms. The third-order valence-electron chi connectivity index (χ3n) is 4.00. The van der Waals surface area contributed by atoms with Crippen molar-refractivity contribution >= 4 is 29.8 Å². The maximum Gasteiger partial charge on any atom is 0.349 e. The number of likely N-dealkylation sites (N-methyl/N-ethyl adjacent to an activating group) is 1. The molecule has 14 nitrogen and oxygen atoms in total. The minimum absolute atomic E-state index is 0.0590. The molecule has 0 radical (unpaired) electrons. The summed E-state index contributed by atoms with van der Waals surface area (Å²) in [6.45, 7) is 3.80. The SMILES string of the molecule is CC(CO)CC(=O)OC(CC(=O)O)(CC(=O)O)C(=O)O.CC(CO)CC(=O)[O-].C[N+](C)(C)CCO. The summed E-state index contributed by atoms with van der Waals surface area (Å²) in [4.78, 5) is 53.7. The molecule has 206 valence electrons. The second-order valence-electron chi connectivity index (χ2n) is 9.01. The summed E-state index contributed by atoms with van der Waals surface area (Å²) in [5, 5.41) is 61.5. The number of rotatable bonds is 14. The summed E-state index contributed by atoms with van der Waals surface area (Å²) < 4.78 is 5.43. The van der Waals surface area contributed by atoms with E-state index in [1.54, 1.807) is 6.92 Å². The van der Waals surface area contributed by atoms with Crippen LogP contribution in [0.3, 0.4) is 0 Å². The van der Waals surface area contributed by atoms with E-state index in [1.807, 2.05) is 0 Å². The van der Waals surface area contributed by atoms with Crippen LogP contribution in [0.2, 0.25) is 0 Å². The molecule has 0 aliphatic heterocycles. The van der Waals surface area contributed by atoms with Crippen molar-refractivity contribution in [2.24, 2.45) is 11.8 Å². The number of aliphatic carboxylic acids is 4. The summed E-state index contributed by atoms with van der Waals surface area (Å²) in [7, 11) is 6.16. The number of carbonyl (C=O) groups is 5. The number of carboxylic acid groups (broad SMARTS) is 4. The Balaban J connectivity index is -0.000000557. The van der Waals surface area contributed by atoms with Gasteiger partial charge >= 0.3 is 23.9 Å². The summed E-state index contributed by atoms with van der Waals surface area (Å²) >= 11 is 0. The average Bonchev–Trinajstić information content (AvgIpc) is 2.65. The maximum atomic E-state index is 11.5. The molecule has 0 amide bonds. The van der Waals surface area contributed by atoms with Crippen LogP contribution in [0.4, 0.5) is 0 Å². The number of nitrogens with zero attached hydrogens (tertiary/aromatic N) is 1. The van der Waals surface area contributed by atoms with Crippen LogP contribution in [0.5, 0.6) is 0 Å². The Bertz CT molecular complexity index is 657. The van der Waals surface area contributed by atoms with Crippen molar-refractivity contribution < 1.29 is 68.9 Å². The lowest BCUT2D eigenvalue weighted by Crippen LogP contribution is -2.47. The maximum absolute atomic E-state index is 11.5. The molecule has 14 heteroatoms. The Hall–Kier alpha value is -2.81. The predicted octanol–water partition coefficient (Wildman–Crippen LogP) is -2.24. The highest BCUT2D eigenvalue weighted by Gasteiger charge is 2.47. The highest BCUT2D eigenvalue weighted by molar-refractivity contribution is 5.90. The number of aliphatic hydroxyl groups is 3. The minimum Gasteiger partial charge on any atom is -0.550 e. The van der Waals surface area contributed by atoms with Crippen LogP contribution in [-0.4, -0.2) is 118 Å². The fourth-order valence-corrected chi connectivity index (χ4v) is 2.08. The topological polar surface area (TPSA) is 239 Å². The van der Waals surface area contributed by atoms with Crippen LogP contribution in [0.1, 0.15) is 39.5 Å². The molecule has 0 aromatic carbocycles. The lowest BCUT2D eigenvalue weighted by Gasteiger charge is -2.26. The van der Waals surface area contributed by atoms with Gasteiger partial charge in [-0.1, -0.05) is 13.8 Å². The molecule has 0 aliphatic rings. The third-order valence-corrected chi connectivity index (χ3v) is 4.00. The normalized spacial score (nSPS) is 12.6. The summed E-state index contributed by atoms with van der Waals surface area (Å²) in [6.07, 6.45) is -2.76. The van der Waals surface area contributed by atoms with Crippen molar-refractivity contribution in [2.75, 3.05) is 47.5 Å². The summed E-state index contributed by atoms with van der Waals surface area (Å²) in [5.41, 5.74) is -2.66. The van der Waals surface area contributed by atoms with Gasteiger partial charge in [-0.05, 0) is 18.3 Å². The molecule has 2 atom stereocenters. The number of aliphatic hydroxyl groups excluding tert-OH is 3. The molecule has 0 heterocycles. The van der Waals surface area contributed by atoms with Crippen molar-refractivity contribution in [1.29, 1.82) is 0 Å². The van der Waals surface area contributed by atoms with Crippen molar-refractivity contribution in [3.05, 3.63) is 0 Å². The Morgan fingerprint density at radius 3 is 1.43 bits per heavy atom. The molecule has 0 spiro atoms. The van der Waals surface area contributed by atoms with E-state index < -0.39 is 54.2 Å². The van der Waals surface area contributed by atoms with E-state index in [9.17, 15) is 29.1 Å². The molecule has 0 aliphatic carbocycles. The largest absolute Gasteiger partial charge is 0.550 e. The van der Waals surface area contributed by atoms with Gasteiger partial charge in [0, 0.05) is 19.2 Å². The zero-order valence-electron chi connectivity index (χ0n) is 20.8. The van der Waals surface area contributed by atoms with Gasteiger partial charge in [0.15, 0.2) is 0 Å². The third kappa shape index (κ3) is 22.7. The van der Waals surface area contributed by atoms with E-state index in [2.05, 4.69) is 25.9 Å². The quantitative estimate of drug-likeness (QED) is 0.106. The molecule has 0 aromatic rings. The second-order valence-corrected chi connectivity index (χ2v) is 9.01. The van der Waals surface area contributed by atoms with Crippen LogP contribution in [-0.2, 0) is 28.7 Å². The number of hydrogen-bond acceptors (Lipinski definition) is 10. The number of carbonyl (C=O) groups excluding carboxylic acids is 2. The Kier molecular flexibility index (Phi) is 19.4. The predicted molar refractivity (Wildman–Crippen MR) is 118 cm³/mol. The molecular weight excluding hydrogens is 474 g/mol. The second kappa shape index (κ2) is 18.5. The minimum atomic E-state index is -2.66. The number of quaternary nitrogens is 1. The van der Waals surface area contributed by atoms with Crippen LogP contribution >= 0.6 is 0 Å². The standard InChI is InChI=1S/C11H16O9.C5H14NO.C5H10O3/c1-6(5-12)2-9(17)20-11(10(18)19,3-7(13)14)4-8(15)16;1-6(2,3)4-5-7;1-4(3-6)2-5(7)8/h6,12H,2-5H2,1H3,(H,13,14)(H,15,16)(H,18,19);7H,4-5H2,1-3H3;4,6H,2-3H2,1H3,(H,7,8)/q;+1;/p-1. The molecular formula is C21H39NO13. The smallest absolute Gasteiger partial charge is 0.349 e. The first-order chi connectivity index (χ1) is 15.8. The van der Waals surface area contributed by atoms with Crippen molar-refractivity contribution in [2.45, 2.75) is 45.1 Å². The monoisotopic (exact) mass is 513 g/mol. The zero-order chi connectivity index (χ0) is 28.4. The van der Waals surface area contributed by atoms with Gasteiger partial charge in [-0.2, -0.15) is 0 Å². The zero-order valence-corrected chi connectivity index (χ0v) is 20.8. The summed E-state index contributed by atoms with van der Waals surface area (Å²) in [6, 6.07) is 0. The van der Waals surface area contributed by atoms with Crippen molar-refractivity contribution in [3.63, 3.8) is 0 Å². The van der Waals surface area contributed by atoms with Gasteiger partial charge in [0.05, 0.1) is 47.0 Å². The Morgan fingerprint density at radius 2 is 1.23 bits per heavy atom. The van der Waals surface area contributed by atoms with E-state index in [1.165, 1.54) is 6.92 Å². The fourth-order valence-electron chi connectivity index (χ4n) is 2.08. The Morgan fingerprint density at radius 1 is 0.829 bits per heavy atom. The Labute approximate surface area is 204 Å². The molecule has 0 saturated carbocycles. The summed E-state index contributed by atoms with van der Waals surface area (Å²) in [5.74, 6) is -7.98. The highest BCUT2D eigenvalue weighted by Crippen LogP contribution is 2.23. The number of esters is 1. The van der Waals surface area contributed by atoms with E-state index in [0.29, 0.717) is 0 Å². The van der Waals surface area contributed by atoms with Crippen molar-refractivity contribution in [1.82, 2.24) is 0 Å². The van der Waals surface area contributed by atoms with Crippen LogP contribution < -0.4 is 5.11 Å². The van der Waals surface area contributed by atoms with Gasteiger partial charge in [-0.15, -0.1) is 0 Å². The number of carboxylic acids is 4. The lowest BCUT2D eigenvalue weighted by molar-refractivity contribution is -0.870. The highest BCUT2D eigenvalue weighted by atomic mass is 16.6. The van der Waals surface area contributed by atoms with Crippen molar-refractivity contribution in [3.8, 4) is 0 Å². The lowest BCUT2D eigenvalue weighted by atomic mass is 9.95.